The monoisotopic (exact) mass is 327 g/mol. The van der Waals surface area contributed by atoms with Crippen LogP contribution < -0.4 is 5.32 Å². The van der Waals surface area contributed by atoms with Gasteiger partial charge in [-0.3, -0.25) is 4.79 Å². The third kappa shape index (κ3) is 3.45. The molecule has 0 aromatic heterocycles. The quantitative estimate of drug-likeness (QED) is 0.762. The average molecular weight is 329 g/mol. The van der Waals surface area contributed by atoms with E-state index in [4.69, 9.17) is 34.8 Å². The van der Waals surface area contributed by atoms with Crippen LogP contribution in [0.25, 0.3) is 0 Å². The van der Waals surface area contributed by atoms with E-state index in [1.807, 2.05) is 13.0 Å². The summed E-state index contributed by atoms with van der Waals surface area (Å²) in [6.07, 6.45) is 0. The standard InChI is InChI=1S/C15H12Cl3NO/c1-9-5-13(18)14(7-12(9)17)19-15(20)11-4-2-3-10(6-11)8-16/h2-7H,8H2,1H3,(H,19,20). The predicted molar refractivity (Wildman–Crippen MR) is 85.2 cm³/mol. The van der Waals surface area contributed by atoms with Crippen molar-refractivity contribution in [3.63, 3.8) is 0 Å². The molecular weight excluding hydrogens is 317 g/mol. The molecule has 0 aliphatic rings. The fourth-order valence-electron chi connectivity index (χ4n) is 1.73. The normalized spacial score (nSPS) is 10.4. The molecule has 2 rings (SSSR count). The molecular formula is C15H12Cl3NO. The van der Waals surface area contributed by atoms with E-state index in [0.717, 1.165) is 11.1 Å². The molecule has 0 saturated carbocycles. The summed E-state index contributed by atoms with van der Waals surface area (Å²) in [6.45, 7) is 1.85. The summed E-state index contributed by atoms with van der Waals surface area (Å²) in [4.78, 5) is 12.2. The minimum absolute atomic E-state index is 0.251. The smallest absolute Gasteiger partial charge is 0.255 e. The van der Waals surface area contributed by atoms with Gasteiger partial charge in [-0.25, -0.2) is 0 Å². The van der Waals surface area contributed by atoms with Crippen molar-refractivity contribution in [2.75, 3.05) is 5.32 Å². The first kappa shape index (κ1) is 15.2. The van der Waals surface area contributed by atoms with E-state index >= 15 is 0 Å². The van der Waals surface area contributed by atoms with Crippen molar-refractivity contribution in [1.82, 2.24) is 0 Å². The number of carbonyl (C=O) groups excluding carboxylic acids is 1. The van der Waals surface area contributed by atoms with Crippen molar-refractivity contribution < 1.29 is 4.79 Å². The Kier molecular flexibility index (Phi) is 4.92. The number of benzene rings is 2. The summed E-state index contributed by atoms with van der Waals surface area (Å²) in [6, 6.07) is 10.5. The molecule has 0 radical (unpaired) electrons. The van der Waals surface area contributed by atoms with Crippen LogP contribution in [0.4, 0.5) is 5.69 Å². The number of alkyl halides is 1. The van der Waals surface area contributed by atoms with Gasteiger partial charge < -0.3 is 5.32 Å². The first-order valence-corrected chi connectivity index (χ1v) is 7.22. The van der Waals surface area contributed by atoms with Crippen molar-refractivity contribution >= 4 is 46.4 Å². The highest BCUT2D eigenvalue weighted by atomic mass is 35.5. The van der Waals surface area contributed by atoms with Crippen LogP contribution in [0.15, 0.2) is 36.4 Å². The molecule has 0 saturated heterocycles. The Labute approximate surface area is 132 Å². The number of aryl methyl sites for hydroxylation is 1. The number of hydrogen-bond acceptors (Lipinski definition) is 1. The highest BCUT2D eigenvalue weighted by Crippen LogP contribution is 2.29. The van der Waals surface area contributed by atoms with Crippen molar-refractivity contribution in [2.45, 2.75) is 12.8 Å². The van der Waals surface area contributed by atoms with E-state index in [-0.39, 0.29) is 5.91 Å². The molecule has 20 heavy (non-hydrogen) atoms. The molecule has 0 bridgehead atoms. The molecule has 0 aliphatic heterocycles. The SMILES string of the molecule is Cc1cc(Cl)c(NC(=O)c2cccc(CCl)c2)cc1Cl. The zero-order valence-corrected chi connectivity index (χ0v) is 13.0. The molecule has 2 aromatic carbocycles. The summed E-state index contributed by atoms with van der Waals surface area (Å²) in [5, 5.41) is 3.75. The van der Waals surface area contributed by atoms with E-state index in [9.17, 15) is 4.79 Å². The zero-order valence-electron chi connectivity index (χ0n) is 10.7. The van der Waals surface area contributed by atoms with Crippen LogP contribution in [0.5, 0.6) is 0 Å². The third-order valence-corrected chi connectivity index (χ3v) is 3.87. The maximum Gasteiger partial charge on any atom is 0.255 e. The largest absolute Gasteiger partial charge is 0.321 e. The second-order valence-corrected chi connectivity index (χ2v) is 5.45. The van der Waals surface area contributed by atoms with Crippen LogP contribution >= 0.6 is 34.8 Å². The lowest BCUT2D eigenvalue weighted by Crippen LogP contribution is -2.12. The van der Waals surface area contributed by atoms with Gasteiger partial charge in [0.25, 0.3) is 5.91 Å². The molecule has 2 aromatic rings. The lowest BCUT2D eigenvalue weighted by molar-refractivity contribution is 0.102. The number of hydrogen-bond donors (Lipinski definition) is 1. The summed E-state index contributed by atoms with van der Waals surface area (Å²) in [5.41, 5.74) is 2.76. The van der Waals surface area contributed by atoms with Gasteiger partial charge in [0.15, 0.2) is 0 Å². The first-order chi connectivity index (χ1) is 9.51. The van der Waals surface area contributed by atoms with Crippen LogP contribution in [0.2, 0.25) is 10.0 Å². The number of carbonyl (C=O) groups is 1. The highest BCUT2D eigenvalue weighted by molar-refractivity contribution is 6.36. The summed E-state index contributed by atoms with van der Waals surface area (Å²) < 4.78 is 0. The van der Waals surface area contributed by atoms with Gasteiger partial charge in [0.2, 0.25) is 0 Å². The zero-order chi connectivity index (χ0) is 14.7. The van der Waals surface area contributed by atoms with E-state index in [0.29, 0.717) is 27.2 Å². The molecule has 1 amide bonds. The van der Waals surface area contributed by atoms with Gasteiger partial charge in [-0.05, 0) is 42.3 Å². The molecule has 0 heterocycles. The first-order valence-electron chi connectivity index (χ1n) is 5.93. The molecule has 0 fully saturated rings. The maximum absolute atomic E-state index is 12.2. The van der Waals surface area contributed by atoms with Crippen molar-refractivity contribution in [3.05, 3.63) is 63.1 Å². The molecule has 104 valence electrons. The Morgan fingerprint density at radius 2 is 1.90 bits per heavy atom. The van der Waals surface area contributed by atoms with Gasteiger partial charge in [-0.1, -0.05) is 35.3 Å². The van der Waals surface area contributed by atoms with E-state index in [2.05, 4.69) is 5.32 Å². The van der Waals surface area contributed by atoms with Crippen molar-refractivity contribution in [1.29, 1.82) is 0 Å². The van der Waals surface area contributed by atoms with Gasteiger partial charge in [0.05, 0.1) is 10.7 Å². The molecule has 0 spiro atoms. The third-order valence-electron chi connectivity index (χ3n) is 2.84. The fraction of sp³-hybridized carbons (Fsp3) is 0.133. The number of amides is 1. The number of halogens is 3. The second-order valence-electron chi connectivity index (χ2n) is 4.37. The van der Waals surface area contributed by atoms with E-state index in [1.54, 1.807) is 30.3 Å². The van der Waals surface area contributed by atoms with Crippen LogP contribution in [-0.4, -0.2) is 5.91 Å². The van der Waals surface area contributed by atoms with Gasteiger partial charge in [-0.15, -0.1) is 11.6 Å². The molecule has 1 N–H and O–H groups in total. The number of nitrogens with one attached hydrogen (secondary N) is 1. The summed E-state index contributed by atoms with van der Waals surface area (Å²) >= 11 is 17.9. The van der Waals surface area contributed by atoms with Crippen LogP contribution in [0.1, 0.15) is 21.5 Å². The number of anilines is 1. The minimum atomic E-state index is -0.251. The van der Waals surface area contributed by atoms with Gasteiger partial charge in [-0.2, -0.15) is 0 Å². The fourth-order valence-corrected chi connectivity index (χ4v) is 2.33. The lowest BCUT2D eigenvalue weighted by atomic mass is 10.1. The van der Waals surface area contributed by atoms with E-state index in [1.165, 1.54) is 0 Å². The van der Waals surface area contributed by atoms with Crippen molar-refractivity contribution in [2.24, 2.45) is 0 Å². The maximum atomic E-state index is 12.2. The minimum Gasteiger partial charge on any atom is -0.321 e. The molecule has 0 unspecified atom stereocenters. The van der Waals surface area contributed by atoms with Crippen LogP contribution in [0.3, 0.4) is 0 Å². The Bertz CT molecular complexity index is 656. The Morgan fingerprint density at radius 3 is 2.60 bits per heavy atom. The summed E-state index contributed by atoms with van der Waals surface area (Å²) in [5.74, 6) is 0.108. The van der Waals surface area contributed by atoms with E-state index < -0.39 is 0 Å². The molecule has 5 heteroatoms. The topological polar surface area (TPSA) is 29.1 Å². The Balaban J connectivity index is 2.25. The lowest BCUT2D eigenvalue weighted by Gasteiger charge is -2.10. The molecule has 0 atom stereocenters. The average Bonchev–Trinajstić information content (AvgIpc) is 2.44. The summed E-state index contributed by atoms with van der Waals surface area (Å²) in [7, 11) is 0. The Morgan fingerprint density at radius 1 is 1.15 bits per heavy atom. The van der Waals surface area contributed by atoms with Crippen molar-refractivity contribution in [3.8, 4) is 0 Å². The molecule has 2 nitrogen and oxygen atoms in total. The van der Waals surface area contributed by atoms with Crippen LogP contribution in [0, 0.1) is 6.92 Å². The molecule has 0 aliphatic carbocycles. The van der Waals surface area contributed by atoms with Gasteiger partial charge >= 0.3 is 0 Å². The second kappa shape index (κ2) is 6.49. The predicted octanol–water partition coefficient (Wildman–Crippen LogP) is 5.29. The Hall–Kier alpha value is -1.22. The number of rotatable bonds is 3. The van der Waals surface area contributed by atoms with Gasteiger partial charge in [0.1, 0.15) is 0 Å². The van der Waals surface area contributed by atoms with Gasteiger partial charge in [0, 0.05) is 16.5 Å². The highest BCUT2D eigenvalue weighted by Gasteiger charge is 2.10. The van der Waals surface area contributed by atoms with Crippen LogP contribution in [-0.2, 0) is 5.88 Å².